The standard InChI is InChI=1S/C22H26N4O2/c1-2-15-4-3-5-21(28-18-9-7-17(27)8-10-18)22(15)26-13-23-16-6-11-19-20(12-16)25-14-24-19/h2-6,11-12,14,17-18,23,27H,7-10,13H2,1H3,(H,24,25)/b15-2-,26-22+. The van der Waals surface area contributed by atoms with Crippen LogP contribution in [0.15, 0.2) is 65.2 Å². The van der Waals surface area contributed by atoms with E-state index < -0.39 is 0 Å². The summed E-state index contributed by atoms with van der Waals surface area (Å²) in [7, 11) is 0. The van der Waals surface area contributed by atoms with Gasteiger partial charge < -0.3 is 20.1 Å². The molecule has 3 N–H and O–H groups in total. The number of fused-ring (bicyclic) bond motifs is 1. The van der Waals surface area contributed by atoms with Crippen LogP contribution < -0.4 is 5.32 Å². The molecule has 1 heterocycles. The lowest BCUT2D eigenvalue weighted by Crippen LogP contribution is -2.26. The minimum Gasteiger partial charge on any atom is -0.488 e. The van der Waals surface area contributed by atoms with Gasteiger partial charge in [0.2, 0.25) is 0 Å². The Morgan fingerprint density at radius 3 is 3.00 bits per heavy atom. The lowest BCUT2D eigenvalue weighted by molar-refractivity contribution is 0.0379. The predicted molar refractivity (Wildman–Crippen MR) is 112 cm³/mol. The molecular formula is C22H26N4O2. The van der Waals surface area contributed by atoms with Gasteiger partial charge in [-0.15, -0.1) is 0 Å². The molecular weight excluding hydrogens is 352 g/mol. The van der Waals surface area contributed by atoms with E-state index in [1.165, 1.54) is 0 Å². The molecule has 6 nitrogen and oxygen atoms in total. The van der Waals surface area contributed by atoms with Crippen LogP contribution in [0.1, 0.15) is 32.6 Å². The van der Waals surface area contributed by atoms with Crippen molar-refractivity contribution in [1.82, 2.24) is 9.97 Å². The zero-order chi connectivity index (χ0) is 19.3. The third kappa shape index (κ3) is 4.17. The number of nitrogens with zero attached hydrogens (tertiary/aromatic N) is 2. The van der Waals surface area contributed by atoms with Crippen molar-refractivity contribution in [1.29, 1.82) is 0 Å². The number of benzene rings is 1. The van der Waals surface area contributed by atoms with Crippen LogP contribution in [0, 0.1) is 0 Å². The summed E-state index contributed by atoms with van der Waals surface area (Å²) in [5.74, 6) is 0.808. The SMILES string of the molecule is C/C=C1/C=CC=C(OC2CCC(O)CC2)/C1=N/CNc1ccc2nc[nH]c2c1. The summed E-state index contributed by atoms with van der Waals surface area (Å²) in [5, 5.41) is 13.1. The number of rotatable bonds is 5. The first kappa shape index (κ1) is 18.5. The zero-order valence-electron chi connectivity index (χ0n) is 16.1. The number of aliphatic imine (C=N–C) groups is 1. The smallest absolute Gasteiger partial charge is 0.145 e. The van der Waals surface area contributed by atoms with E-state index in [4.69, 9.17) is 9.73 Å². The Balaban J connectivity index is 1.45. The Morgan fingerprint density at radius 1 is 1.32 bits per heavy atom. The number of imidazole rings is 1. The molecule has 1 aromatic heterocycles. The van der Waals surface area contributed by atoms with Gasteiger partial charge in [0.15, 0.2) is 0 Å². The number of hydrogen-bond acceptors (Lipinski definition) is 5. The van der Waals surface area contributed by atoms with E-state index in [2.05, 4.69) is 15.3 Å². The number of aliphatic hydroxyl groups is 1. The highest BCUT2D eigenvalue weighted by Crippen LogP contribution is 2.26. The Bertz CT molecular complexity index is 946. The highest BCUT2D eigenvalue weighted by Gasteiger charge is 2.24. The molecule has 2 aliphatic rings. The second-order valence-corrected chi connectivity index (χ2v) is 7.16. The lowest BCUT2D eigenvalue weighted by atomic mass is 9.94. The summed E-state index contributed by atoms with van der Waals surface area (Å²) in [6, 6.07) is 6.01. The van der Waals surface area contributed by atoms with E-state index in [1.54, 1.807) is 6.33 Å². The summed E-state index contributed by atoms with van der Waals surface area (Å²) in [6.45, 7) is 2.46. The van der Waals surface area contributed by atoms with E-state index >= 15 is 0 Å². The fraction of sp³-hybridized carbons (Fsp3) is 0.364. The first-order chi connectivity index (χ1) is 13.7. The average molecular weight is 378 g/mol. The van der Waals surface area contributed by atoms with E-state index in [1.807, 2.05) is 49.4 Å². The highest BCUT2D eigenvalue weighted by molar-refractivity contribution is 6.14. The van der Waals surface area contributed by atoms with Gasteiger partial charge in [-0.2, -0.15) is 0 Å². The van der Waals surface area contributed by atoms with Crippen molar-refractivity contribution >= 4 is 22.4 Å². The molecule has 0 unspecified atom stereocenters. The molecule has 1 aromatic carbocycles. The van der Waals surface area contributed by atoms with Gasteiger partial charge in [-0.3, -0.25) is 4.99 Å². The molecule has 0 radical (unpaired) electrons. The fourth-order valence-electron chi connectivity index (χ4n) is 3.63. The Morgan fingerprint density at radius 2 is 2.18 bits per heavy atom. The Hall–Kier alpha value is -2.86. The van der Waals surface area contributed by atoms with Crippen molar-refractivity contribution in [3.8, 4) is 0 Å². The number of allylic oxidation sites excluding steroid dienone is 5. The van der Waals surface area contributed by atoms with Gasteiger partial charge in [0.1, 0.15) is 18.1 Å². The van der Waals surface area contributed by atoms with Gasteiger partial charge in [-0.1, -0.05) is 18.2 Å². The number of hydrogen-bond donors (Lipinski definition) is 3. The van der Waals surface area contributed by atoms with Crippen LogP contribution in [-0.4, -0.2) is 39.7 Å². The highest BCUT2D eigenvalue weighted by atomic mass is 16.5. The maximum atomic E-state index is 9.71. The maximum absolute atomic E-state index is 9.71. The number of H-pyrrole nitrogens is 1. The molecule has 1 fully saturated rings. The molecule has 6 heteroatoms. The Kier molecular flexibility index (Phi) is 5.58. The van der Waals surface area contributed by atoms with Crippen molar-refractivity contribution in [2.45, 2.75) is 44.8 Å². The molecule has 4 rings (SSSR count). The molecule has 2 aromatic rings. The van der Waals surface area contributed by atoms with Crippen LogP contribution in [0.25, 0.3) is 11.0 Å². The number of nitrogens with one attached hydrogen (secondary N) is 2. The van der Waals surface area contributed by atoms with Crippen LogP contribution >= 0.6 is 0 Å². The third-order valence-corrected chi connectivity index (χ3v) is 5.22. The lowest BCUT2D eigenvalue weighted by Gasteiger charge is -2.28. The average Bonchev–Trinajstić information content (AvgIpc) is 3.18. The van der Waals surface area contributed by atoms with E-state index in [9.17, 15) is 5.11 Å². The van der Waals surface area contributed by atoms with Crippen LogP contribution in [0.4, 0.5) is 5.69 Å². The summed E-state index contributed by atoms with van der Waals surface area (Å²) >= 11 is 0. The quantitative estimate of drug-likeness (QED) is 0.732. The molecule has 28 heavy (non-hydrogen) atoms. The van der Waals surface area contributed by atoms with Crippen LogP contribution in [0.3, 0.4) is 0 Å². The number of aromatic nitrogens is 2. The summed E-state index contributed by atoms with van der Waals surface area (Å²) in [6.07, 6.45) is 13.1. The molecule has 2 aliphatic carbocycles. The molecule has 0 bridgehead atoms. The van der Waals surface area contributed by atoms with Gasteiger partial charge in [0.05, 0.1) is 29.6 Å². The second kappa shape index (κ2) is 8.44. The normalized spacial score (nSPS) is 25.3. The van der Waals surface area contributed by atoms with Gasteiger partial charge >= 0.3 is 0 Å². The van der Waals surface area contributed by atoms with Crippen molar-refractivity contribution in [2.75, 3.05) is 12.0 Å². The van der Waals surface area contributed by atoms with Crippen LogP contribution in [0.2, 0.25) is 0 Å². The topological polar surface area (TPSA) is 82.5 Å². The minimum absolute atomic E-state index is 0.139. The van der Waals surface area contributed by atoms with Gasteiger partial charge in [-0.05, 0) is 62.5 Å². The maximum Gasteiger partial charge on any atom is 0.145 e. The number of aliphatic hydroxyl groups excluding tert-OH is 1. The molecule has 0 saturated heterocycles. The molecule has 1 saturated carbocycles. The van der Waals surface area contributed by atoms with Gasteiger partial charge in [0.25, 0.3) is 0 Å². The zero-order valence-corrected chi connectivity index (χ0v) is 16.1. The first-order valence-corrected chi connectivity index (χ1v) is 9.84. The molecule has 0 atom stereocenters. The van der Waals surface area contributed by atoms with E-state index in [0.29, 0.717) is 6.67 Å². The predicted octanol–water partition coefficient (Wildman–Crippen LogP) is 4.09. The number of aromatic amines is 1. The van der Waals surface area contributed by atoms with Crippen molar-refractivity contribution in [3.63, 3.8) is 0 Å². The van der Waals surface area contributed by atoms with E-state index in [0.717, 1.165) is 59.4 Å². The molecule has 146 valence electrons. The van der Waals surface area contributed by atoms with Gasteiger partial charge in [-0.25, -0.2) is 4.98 Å². The van der Waals surface area contributed by atoms with Crippen molar-refractivity contribution in [2.24, 2.45) is 4.99 Å². The van der Waals surface area contributed by atoms with E-state index in [-0.39, 0.29) is 12.2 Å². The van der Waals surface area contributed by atoms with Crippen LogP contribution in [0.5, 0.6) is 0 Å². The summed E-state index contributed by atoms with van der Waals surface area (Å²) in [5.41, 5.74) is 4.85. The largest absolute Gasteiger partial charge is 0.488 e. The molecule has 0 spiro atoms. The fourth-order valence-corrected chi connectivity index (χ4v) is 3.63. The molecule has 0 aliphatic heterocycles. The number of anilines is 1. The minimum atomic E-state index is -0.185. The first-order valence-electron chi connectivity index (χ1n) is 9.84. The summed E-state index contributed by atoms with van der Waals surface area (Å²) < 4.78 is 6.26. The van der Waals surface area contributed by atoms with Crippen molar-refractivity contribution < 1.29 is 9.84 Å². The summed E-state index contributed by atoms with van der Waals surface area (Å²) in [4.78, 5) is 12.1. The molecule has 0 amide bonds. The third-order valence-electron chi connectivity index (χ3n) is 5.22. The van der Waals surface area contributed by atoms with Crippen LogP contribution in [-0.2, 0) is 4.74 Å². The Labute approximate surface area is 164 Å². The second-order valence-electron chi connectivity index (χ2n) is 7.16. The monoisotopic (exact) mass is 378 g/mol. The van der Waals surface area contributed by atoms with Crippen molar-refractivity contribution in [3.05, 3.63) is 60.2 Å². The number of ether oxygens (including phenoxy) is 1. The van der Waals surface area contributed by atoms with Gasteiger partial charge in [0, 0.05) is 5.69 Å².